The molecule has 0 aliphatic carbocycles. The second-order valence-electron chi connectivity index (χ2n) is 4.22. The van der Waals surface area contributed by atoms with Crippen LogP contribution in [0.25, 0.3) is 0 Å². The molecule has 2 rings (SSSR count). The van der Waals surface area contributed by atoms with Crippen molar-refractivity contribution in [2.24, 2.45) is 0 Å². The van der Waals surface area contributed by atoms with Crippen molar-refractivity contribution in [3.8, 4) is 11.5 Å². The van der Waals surface area contributed by atoms with Gasteiger partial charge in [-0.15, -0.1) is 0 Å². The molecule has 0 radical (unpaired) electrons. The zero-order valence-electron chi connectivity index (χ0n) is 11.0. The van der Waals surface area contributed by atoms with E-state index in [4.69, 9.17) is 21.1 Å². The van der Waals surface area contributed by atoms with Crippen molar-refractivity contribution in [3.05, 3.63) is 58.0 Å². The van der Waals surface area contributed by atoms with E-state index < -0.39 is 0 Å². The Kier molecular flexibility index (Phi) is 5.50. The van der Waals surface area contributed by atoms with Gasteiger partial charge in [0.25, 0.3) is 5.56 Å². The molecule has 0 saturated heterocycles. The minimum Gasteiger partial charge on any atom is -0.494 e. The van der Waals surface area contributed by atoms with Crippen LogP contribution in [-0.2, 0) is 0 Å². The van der Waals surface area contributed by atoms with Crippen LogP contribution in [0, 0.1) is 0 Å². The summed E-state index contributed by atoms with van der Waals surface area (Å²) in [6, 6.07) is 10.7. The number of halogens is 1. The molecule has 20 heavy (non-hydrogen) atoms. The maximum atomic E-state index is 11.3. The number of aromatic nitrogens is 1. The molecular weight excluding hydrogens is 278 g/mol. The molecule has 0 atom stereocenters. The van der Waals surface area contributed by atoms with E-state index in [1.165, 1.54) is 0 Å². The largest absolute Gasteiger partial charge is 0.494 e. The highest BCUT2D eigenvalue weighted by atomic mass is 35.5. The minimum atomic E-state index is -0.204. The lowest BCUT2D eigenvalue weighted by atomic mass is 10.3. The number of pyridine rings is 1. The van der Waals surface area contributed by atoms with Crippen LogP contribution in [0.3, 0.4) is 0 Å². The first-order chi connectivity index (χ1) is 9.75. The molecule has 0 saturated carbocycles. The maximum absolute atomic E-state index is 11.3. The van der Waals surface area contributed by atoms with Crippen molar-refractivity contribution < 1.29 is 9.47 Å². The topological polar surface area (TPSA) is 51.3 Å². The van der Waals surface area contributed by atoms with Gasteiger partial charge in [-0.1, -0.05) is 11.6 Å². The van der Waals surface area contributed by atoms with Gasteiger partial charge in [0.1, 0.15) is 5.75 Å². The van der Waals surface area contributed by atoms with E-state index >= 15 is 0 Å². The highest BCUT2D eigenvalue weighted by Gasteiger charge is 1.99. The van der Waals surface area contributed by atoms with Crippen LogP contribution in [0.4, 0.5) is 0 Å². The van der Waals surface area contributed by atoms with Gasteiger partial charge in [-0.05, 0) is 49.2 Å². The number of nitrogens with one attached hydrogen (secondary N) is 1. The van der Waals surface area contributed by atoms with Crippen LogP contribution >= 0.6 is 11.6 Å². The summed E-state index contributed by atoms with van der Waals surface area (Å²) in [6.45, 7) is 1.10. The van der Waals surface area contributed by atoms with Crippen LogP contribution < -0.4 is 15.0 Å². The fourth-order valence-corrected chi connectivity index (χ4v) is 1.75. The standard InChI is InChI=1S/C15H16ClNO3/c16-12-5-7-13(8-6-12)19-10-1-2-11-20-14-4-3-9-17-15(14)18/h3-9H,1-2,10-11H2,(H,17,18). The van der Waals surface area contributed by atoms with Gasteiger partial charge < -0.3 is 14.5 Å². The van der Waals surface area contributed by atoms with Crippen molar-refractivity contribution in [1.82, 2.24) is 4.98 Å². The van der Waals surface area contributed by atoms with Crippen LogP contribution in [0.5, 0.6) is 11.5 Å². The van der Waals surface area contributed by atoms with Gasteiger partial charge in [-0.2, -0.15) is 0 Å². The summed E-state index contributed by atoms with van der Waals surface area (Å²) in [5, 5.41) is 0.693. The molecule has 0 amide bonds. The van der Waals surface area contributed by atoms with Crippen molar-refractivity contribution in [2.75, 3.05) is 13.2 Å². The number of H-pyrrole nitrogens is 1. The number of hydrogen-bond acceptors (Lipinski definition) is 3. The van der Waals surface area contributed by atoms with E-state index in [2.05, 4.69) is 4.98 Å². The van der Waals surface area contributed by atoms with E-state index in [1.54, 1.807) is 30.5 Å². The van der Waals surface area contributed by atoms with E-state index in [0.29, 0.717) is 24.0 Å². The Labute approximate surface area is 122 Å². The molecule has 0 bridgehead atoms. The average Bonchev–Trinajstić information content (AvgIpc) is 2.46. The molecule has 1 heterocycles. The Morgan fingerprint density at radius 2 is 1.70 bits per heavy atom. The quantitative estimate of drug-likeness (QED) is 0.797. The molecule has 4 nitrogen and oxygen atoms in total. The van der Waals surface area contributed by atoms with Crippen LogP contribution in [0.1, 0.15) is 12.8 Å². The number of hydrogen-bond donors (Lipinski definition) is 1. The molecule has 1 aromatic carbocycles. The Bertz CT molecular complexity index is 580. The monoisotopic (exact) mass is 293 g/mol. The van der Waals surface area contributed by atoms with Crippen molar-refractivity contribution in [2.45, 2.75) is 12.8 Å². The number of rotatable bonds is 7. The zero-order valence-corrected chi connectivity index (χ0v) is 11.7. The summed E-state index contributed by atoms with van der Waals surface area (Å²) in [6.07, 6.45) is 3.25. The second-order valence-corrected chi connectivity index (χ2v) is 4.66. The van der Waals surface area contributed by atoms with Crippen LogP contribution in [0.2, 0.25) is 5.02 Å². The molecule has 106 valence electrons. The lowest BCUT2D eigenvalue weighted by Gasteiger charge is -2.07. The fraction of sp³-hybridized carbons (Fsp3) is 0.267. The van der Waals surface area contributed by atoms with Gasteiger partial charge in [0.05, 0.1) is 13.2 Å². The molecule has 1 aromatic heterocycles. The summed E-state index contributed by atoms with van der Waals surface area (Å²) in [5.41, 5.74) is -0.204. The minimum absolute atomic E-state index is 0.204. The summed E-state index contributed by atoms with van der Waals surface area (Å²) in [4.78, 5) is 13.9. The summed E-state index contributed by atoms with van der Waals surface area (Å²) in [5.74, 6) is 1.15. The summed E-state index contributed by atoms with van der Waals surface area (Å²) >= 11 is 5.79. The molecule has 2 aromatic rings. The molecule has 0 spiro atoms. The predicted octanol–water partition coefficient (Wildman–Crippen LogP) is 3.27. The van der Waals surface area contributed by atoms with Gasteiger partial charge in [0.2, 0.25) is 0 Å². The molecular formula is C15H16ClNO3. The number of aromatic amines is 1. The maximum Gasteiger partial charge on any atom is 0.290 e. The van der Waals surface area contributed by atoms with E-state index in [-0.39, 0.29) is 5.56 Å². The average molecular weight is 294 g/mol. The fourth-order valence-electron chi connectivity index (χ4n) is 1.63. The van der Waals surface area contributed by atoms with E-state index in [1.807, 2.05) is 12.1 Å². The SMILES string of the molecule is O=c1[nH]cccc1OCCCCOc1ccc(Cl)cc1. The third-order valence-electron chi connectivity index (χ3n) is 2.66. The molecule has 0 unspecified atom stereocenters. The third-order valence-corrected chi connectivity index (χ3v) is 2.91. The third kappa shape index (κ3) is 4.63. The number of unbranched alkanes of at least 4 members (excludes halogenated alkanes) is 1. The smallest absolute Gasteiger partial charge is 0.290 e. The highest BCUT2D eigenvalue weighted by Crippen LogP contribution is 2.15. The number of benzene rings is 1. The lowest BCUT2D eigenvalue weighted by molar-refractivity contribution is 0.264. The Hall–Kier alpha value is -1.94. The molecule has 1 N–H and O–H groups in total. The zero-order chi connectivity index (χ0) is 14.2. The summed E-state index contributed by atoms with van der Waals surface area (Å²) in [7, 11) is 0. The molecule has 0 fully saturated rings. The highest BCUT2D eigenvalue weighted by molar-refractivity contribution is 6.30. The van der Waals surface area contributed by atoms with Gasteiger partial charge >= 0.3 is 0 Å². The first-order valence-electron chi connectivity index (χ1n) is 6.44. The molecule has 0 aliphatic heterocycles. The number of ether oxygens (including phenoxy) is 2. The Morgan fingerprint density at radius 1 is 1.00 bits per heavy atom. The predicted molar refractivity (Wildman–Crippen MR) is 78.7 cm³/mol. The van der Waals surface area contributed by atoms with Gasteiger partial charge in [0.15, 0.2) is 5.75 Å². The van der Waals surface area contributed by atoms with Gasteiger partial charge in [-0.3, -0.25) is 4.79 Å². The molecule has 0 aliphatic rings. The van der Waals surface area contributed by atoms with Crippen molar-refractivity contribution in [3.63, 3.8) is 0 Å². The van der Waals surface area contributed by atoms with E-state index in [9.17, 15) is 4.79 Å². The summed E-state index contributed by atoms with van der Waals surface area (Å²) < 4.78 is 10.9. The van der Waals surface area contributed by atoms with Crippen molar-refractivity contribution in [1.29, 1.82) is 0 Å². The van der Waals surface area contributed by atoms with Crippen LogP contribution in [0.15, 0.2) is 47.4 Å². The van der Waals surface area contributed by atoms with Gasteiger partial charge in [0, 0.05) is 11.2 Å². The van der Waals surface area contributed by atoms with Crippen LogP contribution in [-0.4, -0.2) is 18.2 Å². The molecule has 5 heteroatoms. The lowest BCUT2D eigenvalue weighted by Crippen LogP contribution is -2.11. The first-order valence-corrected chi connectivity index (χ1v) is 6.82. The van der Waals surface area contributed by atoms with Crippen molar-refractivity contribution >= 4 is 11.6 Å². The second kappa shape index (κ2) is 7.60. The Morgan fingerprint density at radius 3 is 2.40 bits per heavy atom. The first kappa shape index (κ1) is 14.5. The van der Waals surface area contributed by atoms with Gasteiger partial charge in [-0.25, -0.2) is 0 Å². The Balaban J connectivity index is 1.61. The normalized spacial score (nSPS) is 10.2. The van der Waals surface area contributed by atoms with E-state index in [0.717, 1.165) is 18.6 Å².